The second-order valence-electron chi connectivity index (χ2n) is 5.39. The predicted molar refractivity (Wildman–Crippen MR) is 82.8 cm³/mol. The summed E-state index contributed by atoms with van der Waals surface area (Å²) < 4.78 is 16.4. The molecule has 2 aromatic heterocycles. The summed E-state index contributed by atoms with van der Waals surface area (Å²) in [5.41, 5.74) is 0. The van der Waals surface area contributed by atoms with Gasteiger partial charge in [0.15, 0.2) is 11.8 Å². The molecule has 0 saturated carbocycles. The highest BCUT2D eigenvalue weighted by Crippen LogP contribution is 2.31. The van der Waals surface area contributed by atoms with Gasteiger partial charge in [-0.15, -0.1) is 0 Å². The third-order valence-corrected chi connectivity index (χ3v) is 3.66. The molecule has 3 rings (SSSR count). The van der Waals surface area contributed by atoms with Crippen molar-refractivity contribution in [2.45, 2.75) is 38.5 Å². The van der Waals surface area contributed by atoms with Gasteiger partial charge in [0.2, 0.25) is 0 Å². The van der Waals surface area contributed by atoms with E-state index < -0.39 is 0 Å². The molecule has 1 aliphatic rings. The number of nitrogens with one attached hydrogen (secondary N) is 2. The van der Waals surface area contributed by atoms with Crippen LogP contribution in [0.3, 0.4) is 0 Å². The molecular weight excluding hydrogens is 298 g/mol. The number of nitrogens with zero attached hydrogens (tertiary/aromatic N) is 3. The van der Waals surface area contributed by atoms with E-state index in [0.717, 1.165) is 18.6 Å². The third kappa shape index (κ3) is 4.10. The van der Waals surface area contributed by atoms with Gasteiger partial charge in [0, 0.05) is 13.6 Å². The van der Waals surface area contributed by atoms with Crippen LogP contribution in [0.1, 0.15) is 36.4 Å². The first-order valence-corrected chi connectivity index (χ1v) is 7.67. The maximum Gasteiger partial charge on any atom is 0.255 e. The van der Waals surface area contributed by atoms with Crippen molar-refractivity contribution in [2.75, 3.05) is 13.6 Å². The number of hydrogen-bond donors (Lipinski definition) is 2. The molecule has 0 bridgehead atoms. The SMILES string of the molecule is CN=C(NCc1ccco1)NC[C@H]1CC[C@@H](c2nc(C)no2)O1. The van der Waals surface area contributed by atoms with Gasteiger partial charge < -0.3 is 24.3 Å². The molecule has 0 spiro atoms. The quantitative estimate of drug-likeness (QED) is 0.637. The van der Waals surface area contributed by atoms with Crippen molar-refractivity contribution in [3.05, 3.63) is 35.9 Å². The molecule has 0 aliphatic carbocycles. The van der Waals surface area contributed by atoms with Gasteiger partial charge in [-0.05, 0) is 31.9 Å². The largest absolute Gasteiger partial charge is 0.467 e. The van der Waals surface area contributed by atoms with Gasteiger partial charge in [-0.3, -0.25) is 4.99 Å². The van der Waals surface area contributed by atoms with Crippen LogP contribution in [0.4, 0.5) is 0 Å². The molecule has 2 aromatic rings. The van der Waals surface area contributed by atoms with Crippen LogP contribution in [0.25, 0.3) is 0 Å². The molecule has 23 heavy (non-hydrogen) atoms. The Balaban J connectivity index is 1.43. The van der Waals surface area contributed by atoms with Gasteiger partial charge in [-0.2, -0.15) is 4.98 Å². The molecule has 2 atom stereocenters. The molecule has 0 radical (unpaired) electrons. The minimum Gasteiger partial charge on any atom is -0.467 e. The monoisotopic (exact) mass is 319 g/mol. The van der Waals surface area contributed by atoms with Crippen LogP contribution >= 0.6 is 0 Å². The van der Waals surface area contributed by atoms with E-state index in [4.69, 9.17) is 13.7 Å². The summed E-state index contributed by atoms with van der Waals surface area (Å²) in [5, 5.41) is 10.3. The van der Waals surface area contributed by atoms with Crippen LogP contribution in [0.15, 0.2) is 32.3 Å². The number of aryl methyl sites for hydroxylation is 1. The van der Waals surface area contributed by atoms with E-state index in [9.17, 15) is 0 Å². The van der Waals surface area contributed by atoms with Gasteiger partial charge in [-0.1, -0.05) is 5.16 Å². The summed E-state index contributed by atoms with van der Waals surface area (Å²) in [5.74, 6) is 2.76. The first kappa shape index (κ1) is 15.5. The van der Waals surface area contributed by atoms with Crippen molar-refractivity contribution in [3.63, 3.8) is 0 Å². The molecular formula is C15H21N5O3. The Morgan fingerprint density at radius 1 is 1.39 bits per heavy atom. The van der Waals surface area contributed by atoms with Crippen molar-refractivity contribution in [2.24, 2.45) is 4.99 Å². The highest BCUT2D eigenvalue weighted by Gasteiger charge is 2.30. The fourth-order valence-electron chi connectivity index (χ4n) is 2.50. The Morgan fingerprint density at radius 3 is 3.00 bits per heavy atom. The van der Waals surface area contributed by atoms with Gasteiger partial charge >= 0.3 is 0 Å². The average Bonchev–Trinajstić information content (AvgIpc) is 3.28. The normalized spacial score (nSPS) is 21.6. The topological polar surface area (TPSA) is 97.7 Å². The van der Waals surface area contributed by atoms with E-state index >= 15 is 0 Å². The third-order valence-electron chi connectivity index (χ3n) is 3.66. The Hall–Kier alpha value is -2.35. The summed E-state index contributed by atoms with van der Waals surface area (Å²) >= 11 is 0. The van der Waals surface area contributed by atoms with Crippen molar-refractivity contribution < 1.29 is 13.7 Å². The molecule has 8 nitrogen and oxygen atoms in total. The van der Waals surface area contributed by atoms with E-state index in [1.165, 1.54) is 0 Å². The minimum atomic E-state index is -0.110. The highest BCUT2D eigenvalue weighted by molar-refractivity contribution is 5.79. The zero-order chi connectivity index (χ0) is 16.1. The number of ether oxygens (including phenoxy) is 1. The van der Waals surface area contributed by atoms with Gasteiger partial charge in [0.1, 0.15) is 11.9 Å². The van der Waals surface area contributed by atoms with Crippen LogP contribution in [0.5, 0.6) is 0 Å². The van der Waals surface area contributed by atoms with Crippen LogP contribution in [0.2, 0.25) is 0 Å². The second kappa shape index (κ2) is 7.28. The van der Waals surface area contributed by atoms with Gasteiger partial charge in [-0.25, -0.2) is 0 Å². The number of rotatable bonds is 5. The lowest BCUT2D eigenvalue weighted by Gasteiger charge is -2.15. The Labute approximate surface area is 134 Å². The lowest BCUT2D eigenvalue weighted by molar-refractivity contribution is 0.0285. The van der Waals surface area contributed by atoms with Crippen LogP contribution < -0.4 is 10.6 Å². The number of hydrogen-bond acceptors (Lipinski definition) is 6. The second-order valence-corrected chi connectivity index (χ2v) is 5.39. The Kier molecular flexibility index (Phi) is 4.92. The first-order chi connectivity index (χ1) is 11.2. The molecule has 124 valence electrons. The van der Waals surface area contributed by atoms with E-state index in [1.54, 1.807) is 20.2 Å². The Morgan fingerprint density at radius 2 is 2.30 bits per heavy atom. The zero-order valence-corrected chi connectivity index (χ0v) is 13.3. The lowest BCUT2D eigenvalue weighted by atomic mass is 10.2. The number of furan rings is 1. The molecule has 1 aliphatic heterocycles. The molecule has 0 unspecified atom stereocenters. The van der Waals surface area contributed by atoms with Crippen molar-refractivity contribution in [1.82, 2.24) is 20.8 Å². The summed E-state index contributed by atoms with van der Waals surface area (Å²) in [4.78, 5) is 8.41. The predicted octanol–water partition coefficient (Wildman–Crippen LogP) is 1.56. The summed E-state index contributed by atoms with van der Waals surface area (Å²) in [6.07, 6.45) is 3.45. The fraction of sp³-hybridized carbons (Fsp3) is 0.533. The maximum atomic E-state index is 5.95. The summed E-state index contributed by atoms with van der Waals surface area (Å²) in [7, 11) is 1.73. The van der Waals surface area contributed by atoms with E-state index in [2.05, 4.69) is 25.8 Å². The molecule has 2 N–H and O–H groups in total. The number of aromatic nitrogens is 2. The smallest absolute Gasteiger partial charge is 0.255 e. The van der Waals surface area contributed by atoms with E-state index in [0.29, 0.717) is 30.8 Å². The average molecular weight is 319 g/mol. The standard InChI is InChI=1S/C15H21N5O3/c1-10-19-14(23-20-10)13-6-5-12(22-13)9-18-15(16-2)17-8-11-4-3-7-21-11/h3-4,7,12-13H,5-6,8-9H2,1-2H3,(H2,16,17,18)/t12-,13+/m1/s1. The van der Waals surface area contributed by atoms with Crippen LogP contribution in [-0.4, -0.2) is 35.8 Å². The summed E-state index contributed by atoms with van der Waals surface area (Å²) in [6, 6.07) is 3.77. The first-order valence-electron chi connectivity index (χ1n) is 7.67. The molecule has 1 fully saturated rings. The number of guanidine groups is 1. The lowest BCUT2D eigenvalue weighted by Crippen LogP contribution is -2.40. The van der Waals surface area contributed by atoms with Gasteiger partial charge in [0.25, 0.3) is 5.89 Å². The summed E-state index contributed by atoms with van der Waals surface area (Å²) in [6.45, 7) is 3.05. The number of aliphatic imine (C=N–C) groups is 1. The molecule has 8 heteroatoms. The van der Waals surface area contributed by atoms with Crippen molar-refractivity contribution in [3.8, 4) is 0 Å². The van der Waals surface area contributed by atoms with Crippen molar-refractivity contribution in [1.29, 1.82) is 0 Å². The molecule has 0 amide bonds. The van der Waals surface area contributed by atoms with Crippen LogP contribution in [-0.2, 0) is 11.3 Å². The maximum absolute atomic E-state index is 5.95. The zero-order valence-electron chi connectivity index (χ0n) is 13.3. The van der Waals surface area contributed by atoms with Crippen LogP contribution in [0, 0.1) is 6.92 Å². The molecule has 3 heterocycles. The molecule has 1 saturated heterocycles. The van der Waals surface area contributed by atoms with Gasteiger partial charge in [0.05, 0.1) is 18.9 Å². The fourth-order valence-corrected chi connectivity index (χ4v) is 2.50. The minimum absolute atomic E-state index is 0.0920. The highest BCUT2D eigenvalue weighted by atomic mass is 16.5. The van der Waals surface area contributed by atoms with E-state index in [-0.39, 0.29) is 12.2 Å². The van der Waals surface area contributed by atoms with Crippen molar-refractivity contribution >= 4 is 5.96 Å². The Bertz CT molecular complexity index is 637. The molecule has 0 aromatic carbocycles. The van der Waals surface area contributed by atoms with E-state index in [1.807, 2.05) is 12.1 Å².